The summed E-state index contributed by atoms with van der Waals surface area (Å²) >= 11 is 0. The van der Waals surface area contributed by atoms with Crippen LogP contribution in [0.4, 0.5) is 28.0 Å². The number of anilines is 1. The number of halogens is 4. The summed E-state index contributed by atoms with van der Waals surface area (Å²) in [5, 5.41) is 0. The molecule has 0 aliphatic carbocycles. The first kappa shape index (κ1) is 19.1. The second kappa shape index (κ2) is 7.14. The first-order chi connectivity index (χ1) is 12.7. The molecule has 2 fully saturated rings. The molecule has 2 saturated heterocycles. The van der Waals surface area contributed by atoms with Gasteiger partial charge in [-0.05, 0) is 24.3 Å². The van der Waals surface area contributed by atoms with E-state index in [9.17, 15) is 31.9 Å². The van der Waals surface area contributed by atoms with Crippen LogP contribution in [0.3, 0.4) is 0 Å². The van der Waals surface area contributed by atoms with Crippen LogP contribution in [-0.2, 0) is 9.59 Å². The fourth-order valence-electron chi connectivity index (χ4n) is 2.99. The summed E-state index contributed by atoms with van der Waals surface area (Å²) in [6.45, 7) is -0.172. The monoisotopic (exact) mass is 388 g/mol. The average Bonchev–Trinajstić information content (AvgIpc) is 2.80. The highest BCUT2D eigenvalue weighted by molar-refractivity contribution is 6.44. The number of carbonyl (C=O) groups is 3. The molecular weight excluding hydrogens is 372 g/mol. The molecule has 1 aromatic carbocycles. The zero-order valence-corrected chi connectivity index (χ0v) is 14.1. The molecule has 0 radical (unpaired) electrons. The van der Waals surface area contributed by atoms with Crippen LogP contribution in [0.5, 0.6) is 0 Å². The van der Waals surface area contributed by atoms with Gasteiger partial charge in [0.1, 0.15) is 12.4 Å². The summed E-state index contributed by atoms with van der Waals surface area (Å²) in [6, 6.07) is 4.68. The van der Waals surface area contributed by atoms with Crippen LogP contribution in [0.2, 0.25) is 0 Å². The predicted octanol–water partition coefficient (Wildman–Crippen LogP) is 1.26. The van der Waals surface area contributed by atoms with Gasteiger partial charge >= 0.3 is 24.0 Å². The topological polar surface area (TPSA) is 64.2 Å². The van der Waals surface area contributed by atoms with Crippen molar-refractivity contribution in [1.82, 2.24) is 14.7 Å². The Labute approximate surface area is 151 Å². The summed E-state index contributed by atoms with van der Waals surface area (Å²) in [5.74, 6) is -3.08. The van der Waals surface area contributed by atoms with Crippen molar-refractivity contribution in [3.63, 3.8) is 0 Å². The van der Waals surface area contributed by atoms with Gasteiger partial charge < -0.3 is 4.90 Å². The van der Waals surface area contributed by atoms with Gasteiger partial charge in [0, 0.05) is 31.9 Å². The Kier molecular flexibility index (Phi) is 5.05. The number of nitrogens with zero attached hydrogens (tertiary/aromatic N) is 4. The molecule has 2 heterocycles. The Morgan fingerprint density at radius 3 is 1.96 bits per heavy atom. The fraction of sp³-hybridized carbons (Fsp3) is 0.438. The van der Waals surface area contributed by atoms with Gasteiger partial charge in [0.25, 0.3) is 0 Å². The van der Waals surface area contributed by atoms with E-state index in [-0.39, 0.29) is 17.4 Å². The van der Waals surface area contributed by atoms with Crippen LogP contribution in [0.15, 0.2) is 24.3 Å². The highest BCUT2D eigenvalue weighted by atomic mass is 19.4. The van der Waals surface area contributed by atoms with Crippen molar-refractivity contribution >= 4 is 23.5 Å². The number of hydrogen-bond acceptors (Lipinski definition) is 5. The lowest BCUT2D eigenvalue weighted by Crippen LogP contribution is -2.51. The Morgan fingerprint density at radius 2 is 1.41 bits per heavy atom. The lowest BCUT2D eigenvalue weighted by molar-refractivity contribution is -0.156. The highest BCUT2D eigenvalue weighted by Crippen LogP contribution is 2.22. The number of benzene rings is 1. The van der Waals surface area contributed by atoms with E-state index in [0.29, 0.717) is 31.1 Å². The number of piperazine rings is 1. The first-order valence-corrected chi connectivity index (χ1v) is 8.12. The third-order valence-electron chi connectivity index (χ3n) is 4.38. The van der Waals surface area contributed by atoms with Crippen LogP contribution in [0.1, 0.15) is 0 Å². The van der Waals surface area contributed by atoms with Crippen molar-refractivity contribution in [3.05, 3.63) is 30.1 Å². The maximum absolute atomic E-state index is 13.0. The number of amides is 4. The molecule has 146 valence electrons. The fourth-order valence-corrected chi connectivity index (χ4v) is 2.99. The molecule has 3 rings (SSSR count). The molecule has 7 nitrogen and oxygen atoms in total. The van der Waals surface area contributed by atoms with Gasteiger partial charge in [-0.25, -0.2) is 19.0 Å². The summed E-state index contributed by atoms with van der Waals surface area (Å²) in [6.07, 6.45) is -4.78. The third-order valence-corrected chi connectivity index (χ3v) is 4.38. The minimum Gasteiger partial charge on any atom is -0.369 e. The second-order valence-electron chi connectivity index (χ2n) is 6.25. The Hall–Kier alpha value is -2.69. The van der Waals surface area contributed by atoms with E-state index >= 15 is 0 Å². The lowest BCUT2D eigenvalue weighted by Gasteiger charge is -2.37. The van der Waals surface area contributed by atoms with E-state index in [0.717, 1.165) is 5.69 Å². The Bertz CT molecular complexity index is 745. The number of hydrogen-bond donors (Lipinski definition) is 0. The molecule has 0 aromatic heterocycles. The van der Waals surface area contributed by atoms with Crippen molar-refractivity contribution in [1.29, 1.82) is 0 Å². The Morgan fingerprint density at radius 1 is 0.852 bits per heavy atom. The van der Waals surface area contributed by atoms with Crippen LogP contribution in [0, 0.1) is 5.82 Å². The minimum atomic E-state index is -4.78. The van der Waals surface area contributed by atoms with Crippen molar-refractivity contribution in [3.8, 4) is 0 Å². The number of alkyl halides is 3. The maximum Gasteiger partial charge on any atom is 0.406 e. The third kappa shape index (κ3) is 4.18. The molecule has 0 spiro atoms. The number of urea groups is 1. The van der Waals surface area contributed by atoms with E-state index < -0.39 is 30.6 Å². The van der Waals surface area contributed by atoms with E-state index in [2.05, 4.69) is 0 Å². The van der Waals surface area contributed by atoms with E-state index in [1.165, 1.54) is 12.1 Å². The van der Waals surface area contributed by atoms with Crippen LogP contribution >= 0.6 is 0 Å². The van der Waals surface area contributed by atoms with Gasteiger partial charge in [0.2, 0.25) is 0 Å². The Balaban J connectivity index is 1.58. The van der Waals surface area contributed by atoms with E-state index in [1.807, 2.05) is 4.90 Å². The van der Waals surface area contributed by atoms with Crippen LogP contribution in [0.25, 0.3) is 0 Å². The quantitative estimate of drug-likeness (QED) is 0.442. The average molecular weight is 388 g/mol. The number of imide groups is 2. The van der Waals surface area contributed by atoms with Gasteiger partial charge in [-0.1, -0.05) is 0 Å². The van der Waals surface area contributed by atoms with Crippen LogP contribution in [-0.4, -0.2) is 78.1 Å². The molecule has 0 N–H and O–H groups in total. The standard InChI is InChI=1S/C16H16F4N4O3/c17-11-1-3-12(4-2-11)22-7-5-21(6-8-22)10-24-14(26)13(25)23(15(24)27)9-16(18,19)20/h1-4H,5-10H2. The van der Waals surface area contributed by atoms with Gasteiger partial charge in [-0.3, -0.25) is 14.5 Å². The molecular formula is C16H16F4N4O3. The second-order valence-corrected chi connectivity index (χ2v) is 6.25. The SMILES string of the molecule is O=C1C(=O)N(CC(F)(F)F)C(=O)N1CN1CCN(c2ccc(F)cc2)CC1. The molecule has 0 saturated carbocycles. The first-order valence-electron chi connectivity index (χ1n) is 8.12. The van der Waals surface area contributed by atoms with Gasteiger partial charge in [-0.2, -0.15) is 13.2 Å². The lowest BCUT2D eigenvalue weighted by atomic mass is 10.2. The summed E-state index contributed by atoms with van der Waals surface area (Å²) in [4.78, 5) is 39.7. The largest absolute Gasteiger partial charge is 0.406 e. The van der Waals surface area contributed by atoms with Gasteiger partial charge in [0.15, 0.2) is 0 Å². The van der Waals surface area contributed by atoms with E-state index in [4.69, 9.17) is 0 Å². The highest BCUT2D eigenvalue weighted by Gasteiger charge is 2.49. The van der Waals surface area contributed by atoms with Gasteiger partial charge in [0.05, 0.1) is 6.67 Å². The van der Waals surface area contributed by atoms with E-state index in [1.54, 1.807) is 17.0 Å². The predicted molar refractivity (Wildman–Crippen MR) is 85.1 cm³/mol. The molecule has 2 aliphatic heterocycles. The molecule has 2 aliphatic rings. The minimum absolute atomic E-state index is 0.0862. The number of carbonyl (C=O) groups excluding carboxylic acids is 3. The smallest absolute Gasteiger partial charge is 0.369 e. The van der Waals surface area contributed by atoms with Crippen LogP contribution < -0.4 is 4.90 Å². The molecule has 0 unspecified atom stereocenters. The van der Waals surface area contributed by atoms with Crippen molar-refractivity contribution in [2.24, 2.45) is 0 Å². The molecule has 1 aromatic rings. The van der Waals surface area contributed by atoms with Crippen molar-refractivity contribution in [2.45, 2.75) is 6.18 Å². The summed E-state index contributed by atoms with van der Waals surface area (Å²) < 4.78 is 50.4. The molecule has 4 amide bonds. The molecule has 0 bridgehead atoms. The normalized spacial score (nSPS) is 19.4. The molecule has 11 heteroatoms. The van der Waals surface area contributed by atoms with Crippen molar-refractivity contribution in [2.75, 3.05) is 44.3 Å². The maximum atomic E-state index is 13.0. The zero-order valence-electron chi connectivity index (χ0n) is 14.1. The number of rotatable bonds is 4. The molecule has 0 atom stereocenters. The van der Waals surface area contributed by atoms with Crippen molar-refractivity contribution < 1.29 is 31.9 Å². The molecule has 27 heavy (non-hydrogen) atoms. The zero-order chi connectivity index (χ0) is 19.8. The summed E-state index contributed by atoms with van der Waals surface area (Å²) in [7, 11) is 0. The van der Waals surface area contributed by atoms with Gasteiger partial charge in [-0.15, -0.1) is 0 Å². The summed E-state index contributed by atoms with van der Waals surface area (Å²) in [5.41, 5.74) is 0.816.